The number of hydrogen-bond donors (Lipinski definition) is 1. The Morgan fingerprint density at radius 2 is 2.28 bits per heavy atom. The van der Waals surface area contributed by atoms with Gasteiger partial charge in [-0.15, -0.1) is 18.3 Å². The molecule has 1 N–H and O–H groups in total. The minimum atomic E-state index is 0.445. The first-order chi connectivity index (χ1) is 8.85. The molecule has 0 amide bonds. The summed E-state index contributed by atoms with van der Waals surface area (Å²) in [4.78, 5) is 1.29. The lowest BCUT2D eigenvalue weighted by Gasteiger charge is -2.20. The molecule has 1 aliphatic rings. The third-order valence-corrected chi connectivity index (χ3v) is 4.19. The van der Waals surface area contributed by atoms with Gasteiger partial charge in [-0.1, -0.05) is 18.2 Å². The number of methoxy groups -OCH3 is 1. The van der Waals surface area contributed by atoms with Crippen LogP contribution in [0, 0.1) is 5.92 Å². The molecule has 1 fully saturated rings. The van der Waals surface area contributed by atoms with Crippen LogP contribution in [0.1, 0.15) is 12.8 Å². The monoisotopic (exact) mass is 263 g/mol. The molecule has 1 atom stereocenters. The maximum Gasteiger partial charge on any atom is 0.0666 e. The lowest BCUT2D eigenvalue weighted by atomic mass is 10.2. The average Bonchev–Trinajstić information content (AvgIpc) is 3.21. The highest BCUT2D eigenvalue weighted by molar-refractivity contribution is 7.99. The highest BCUT2D eigenvalue weighted by Gasteiger charge is 2.31. The number of hydrogen-bond acceptors (Lipinski definition) is 3. The van der Waals surface area contributed by atoms with Crippen molar-refractivity contribution in [1.29, 1.82) is 0 Å². The van der Waals surface area contributed by atoms with E-state index in [2.05, 4.69) is 36.2 Å². The summed E-state index contributed by atoms with van der Waals surface area (Å²) >= 11 is 1.82. The first-order valence-electron chi connectivity index (χ1n) is 6.43. The molecule has 1 saturated carbocycles. The molecule has 1 aromatic rings. The van der Waals surface area contributed by atoms with Crippen molar-refractivity contribution < 1.29 is 4.74 Å². The van der Waals surface area contributed by atoms with Gasteiger partial charge in [0.05, 0.1) is 12.6 Å². The number of anilines is 1. The van der Waals surface area contributed by atoms with E-state index in [4.69, 9.17) is 4.74 Å². The van der Waals surface area contributed by atoms with Crippen LogP contribution in [-0.2, 0) is 4.74 Å². The molecule has 0 saturated heterocycles. The Morgan fingerprint density at radius 3 is 2.94 bits per heavy atom. The molecule has 0 heterocycles. The van der Waals surface area contributed by atoms with Crippen LogP contribution in [0.15, 0.2) is 41.8 Å². The summed E-state index contributed by atoms with van der Waals surface area (Å²) in [7, 11) is 1.77. The van der Waals surface area contributed by atoms with E-state index in [1.165, 1.54) is 23.4 Å². The maximum atomic E-state index is 5.31. The number of benzene rings is 1. The largest absolute Gasteiger partial charge is 0.383 e. The second-order valence-corrected chi connectivity index (χ2v) is 5.70. The van der Waals surface area contributed by atoms with E-state index >= 15 is 0 Å². The predicted molar refractivity (Wildman–Crippen MR) is 79.4 cm³/mol. The Morgan fingerprint density at radius 1 is 1.50 bits per heavy atom. The molecule has 1 aromatic carbocycles. The maximum absolute atomic E-state index is 5.31. The van der Waals surface area contributed by atoms with E-state index in [-0.39, 0.29) is 0 Å². The highest BCUT2D eigenvalue weighted by Crippen LogP contribution is 2.36. The summed E-state index contributed by atoms with van der Waals surface area (Å²) in [6.45, 7) is 4.56. The fourth-order valence-corrected chi connectivity index (χ4v) is 2.79. The Bertz CT molecular complexity index is 390. The molecular formula is C15H21NOS. The molecule has 0 aromatic heterocycles. The molecule has 0 spiro atoms. The van der Waals surface area contributed by atoms with Gasteiger partial charge in [0.2, 0.25) is 0 Å². The highest BCUT2D eigenvalue weighted by atomic mass is 32.2. The van der Waals surface area contributed by atoms with Gasteiger partial charge in [0.1, 0.15) is 0 Å². The minimum Gasteiger partial charge on any atom is -0.383 e. The minimum absolute atomic E-state index is 0.445. The molecule has 1 unspecified atom stereocenters. The van der Waals surface area contributed by atoms with Gasteiger partial charge in [-0.25, -0.2) is 0 Å². The van der Waals surface area contributed by atoms with Crippen LogP contribution in [0.5, 0.6) is 0 Å². The van der Waals surface area contributed by atoms with Gasteiger partial charge in [0.25, 0.3) is 0 Å². The zero-order chi connectivity index (χ0) is 12.8. The predicted octanol–water partition coefficient (Wildman–Crippen LogP) is 3.80. The Kier molecular flexibility index (Phi) is 5.14. The van der Waals surface area contributed by atoms with E-state index in [0.717, 1.165) is 18.3 Å². The number of para-hydroxylation sites is 1. The van der Waals surface area contributed by atoms with Crippen LogP contribution >= 0.6 is 11.8 Å². The first kappa shape index (κ1) is 13.5. The SMILES string of the molecule is C=CCSc1ccccc1NC(COC)C1CC1. The van der Waals surface area contributed by atoms with Crippen LogP contribution in [0.2, 0.25) is 0 Å². The number of rotatable bonds is 8. The second-order valence-electron chi connectivity index (χ2n) is 4.64. The van der Waals surface area contributed by atoms with Crippen molar-refractivity contribution in [2.24, 2.45) is 5.92 Å². The zero-order valence-corrected chi connectivity index (χ0v) is 11.7. The standard InChI is InChI=1S/C15H21NOS/c1-3-10-18-15-7-5-4-6-13(15)16-14(11-17-2)12-8-9-12/h3-7,12,14,16H,1,8-11H2,2H3. The number of ether oxygens (including phenoxy) is 1. The normalized spacial score (nSPS) is 16.3. The Labute approximate surface area is 114 Å². The lowest BCUT2D eigenvalue weighted by molar-refractivity contribution is 0.179. The summed E-state index contributed by atoms with van der Waals surface area (Å²) in [5.74, 6) is 1.72. The van der Waals surface area contributed by atoms with Crippen molar-refractivity contribution in [3.8, 4) is 0 Å². The smallest absolute Gasteiger partial charge is 0.0666 e. The lowest BCUT2D eigenvalue weighted by Crippen LogP contribution is -2.27. The molecular weight excluding hydrogens is 242 g/mol. The molecule has 18 heavy (non-hydrogen) atoms. The van der Waals surface area contributed by atoms with Crippen molar-refractivity contribution >= 4 is 17.4 Å². The van der Waals surface area contributed by atoms with E-state index in [1.807, 2.05) is 17.8 Å². The second kappa shape index (κ2) is 6.86. The van der Waals surface area contributed by atoms with Crippen molar-refractivity contribution in [2.45, 2.75) is 23.8 Å². The van der Waals surface area contributed by atoms with Gasteiger partial charge in [-0.05, 0) is 30.9 Å². The molecule has 0 aliphatic heterocycles. The fraction of sp³-hybridized carbons (Fsp3) is 0.467. The first-order valence-corrected chi connectivity index (χ1v) is 7.42. The van der Waals surface area contributed by atoms with Gasteiger partial charge in [-0.3, -0.25) is 0 Å². The number of nitrogens with one attached hydrogen (secondary N) is 1. The molecule has 1 aliphatic carbocycles. The summed E-state index contributed by atoms with van der Waals surface area (Å²) in [6.07, 6.45) is 4.58. The van der Waals surface area contributed by atoms with Crippen LogP contribution in [0.4, 0.5) is 5.69 Å². The third kappa shape index (κ3) is 3.79. The molecule has 98 valence electrons. The van der Waals surface area contributed by atoms with Gasteiger partial charge in [-0.2, -0.15) is 0 Å². The van der Waals surface area contributed by atoms with Crippen molar-refractivity contribution in [1.82, 2.24) is 0 Å². The molecule has 0 bridgehead atoms. The Hall–Kier alpha value is -0.930. The summed E-state index contributed by atoms with van der Waals surface area (Å²) in [5, 5.41) is 3.64. The third-order valence-electron chi connectivity index (χ3n) is 3.12. The molecule has 2 nitrogen and oxygen atoms in total. The van der Waals surface area contributed by atoms with Gasteiger partial charge >= 0.3 is 0 Å². The van der Waals surface area contributed by atoms with E-state index in [0.29, 0.717) is 6.04 Å². The summed E-state index contributed by atoms with van der Waals surface area (Å²) < 4.78 is 5.31. The number of thioether (sulfide) groups is 1. The fourth-order valence-electron chi connectivity index (χ4n) is 2.03. The van der Waals surface area contributed by atoms with Gasteiger partial charge in [0, 0.05) is 23.4 Å². The van der Waals surface area contributed by atoms with Crippen molar-refractivity contribution in [3.63, 3.8) is 0 Å². The van der Waals surface area contributed by atoms with Crippen LogP contribution in [0.25, 0.3) is 0 Å². The molecule has 2 rings (SSSR count). The molecule has 3 heteroatoms. The van der Waals surface area contributed by atoms with E-state index in [9.17, 15) is 0 Å². The quantitative estimate of drug-likeness (QED) is 0.569. The van der Waals surface area contributed by atoms with Gasteiger partial charge < -0.3 is 10.1 Å². The Balaban J connectivity index is 2.03. The van der Waals surface area contributed by atoms with Crippen LogP contribution in [0.3, 0.4) is 0 Å². The van der Waals surface area contributed by atoms with Crippen LogP contribution in [-0.4, -0.2) is 25.5 Å². The van der Waals surface area contributed by atoms with Gasteiger partial charge in [0.15, 0.2) is 0 Å². The topological polar surface area (TPSA) is 21.3 Å². The molecule has 0 radical (unpaired) electrons. The van der Waals surface area contributed by atoms with E-state index in [1.54, 1.807) is 7.11 Å². The van der Waals surface area contributed by atoms with Crippen LogP contribution < -0.4 is 5.32 Å². The average molecular weight is 263 g/mol. The summed E-state index contributed by atoms with van der Waals surface area (Å²) in [6, 6.07) is 8.92. The summed E-state index contributed by atoms with van der Waals surface area (Å²) in [5.41, 5.74) is 1.22. The zero-order valence-electron chi connectivity index (χ0n) is 10.9. The van der Waals surface area contributed by atoms with Crippen molar-refractivity contribution in [3.05, 3.63) is 36.9 Å². The van der Waals surface area contributed by atoms with Crippen molar-refractivity contribution in [2.75, 3.05) is 24.8 Å². The van der Waals surface area contributed by atoms with E-state index < -0.39 is 0 Å².